The lowest BCUT2D eigenvalue weighted by Crippen LogP contribution is -2.10. The first kappa shape index (κ1) is 24.1. The van der Waals surface area contributed by atoms with Gasteiger partial charge in [0.15, 0.2) is 0 Å². The van der Waals surface area contributed by atoms with Crippen molar-refractivity contribution in [1.29, 1.82) is 0 Å². The van der Waals surface area contributed by atoms with Crippen LogP contribution in [-0.2, 0) is 16.1 Å². The summed E-state index contributed by atoms with van der Waals surface area (Å²) in [5.74, 6) is 0.901. The summed E-state index contributed by atoms with van der Waals surface area (Å²) in [4.78, 5) is 24.3. The highest BCUT2D eigenvalue weighted by atomic mass is 16.5. The number of benzene rings is 3. The summed E-state index contributed by atoms with van der Waals surface area (Å²) in [6.45, 7) is 7.05. The Kier molecular flexibility index (Phi) is 8.64. The fourth-order valence-electron chi connectivity index (χ4n) is 3.44. The van der Waals surface area contributed by atoms with Crippen LogP contribution in [-0.4, -0.2) is 18.5 Å². The van der Waals surface area contributed by atoms with E-state index in [1.165, 1.54) is 11.1 Å². The van der Waals surface area contributed by atoms with Gasteiger partial charge in [-0.1, -0.05) is 50.2 Å². The Morgan fingerprint density at radius 3 is 2.24 bits per heavy atom. The van der Waals surface area contributed by atoms with E-state index in [0.29, 0.717) is 30.3 Å². The molecule has 0 fully saturated rings. The summed E-state index contributed by atoms with van der Waals surface area (Å²) in [7, 11) is 0. The first-order chi connectivity index (χ1) is 15.9. The zero-order valence-corrected chi connectivity index (χ0v) is 19.4. The molecule has 0 heterocycles. The van der Waals surface area contributed by atoms with Crippen LogP contribution in [0.5, 0.6) is 11.5 Å². The normalized spacial score (nSPS) is 10.7. The summed E-state index contributed by atoms with van der Waals surface area (Å²) in [5.41, 5.74) is 3.83. The predicted octanol–water partition coefficient (Wildman–Crippen LogP) is 6.24. The SMILES string of the molecule is Cc1cc(OCCCC(=O)Oc2ccc(C(=O)OCc3ccccc3)cc2)ccc1C(C)C. The summed E-state index contributed by atoms with van der Waals surface area (Å²) in [6, 6.07) is 21.9. The molecular formula is C28H30O5. The smallest absolute Gasteiger partial charge is 0.338 e. The third-order valence-electron chi connectivity index (χ3n) is 5.19. The van der Waals surface area contributed by atoms with Crippen molar-refractivity contribution >= 4 is 11.9 Å². The van der Waals surface area contributed by atoms with Gasteiger partial charge in [0.1, 0.15) is 18.1 Å². The molecule has 5 nitrogen and oxygen atoms in total. The lowest BCUT2D eigenvalue weighted by molar-refractivity contribution is -0.134. The van der Waals surface area contributed by atoms with Crippen LogP contribution in [0.3, 0.4) is 0 Å². The van der Waals surface area contributed by atoms with Crippen LogP contribution in [0.4, 0.5) is 0 Å². The highest BCUT2D eigenvalue weighted by molar-refractivity contribution is 5.89. The molecule has 0 aliphatic rings. The topological polar surface area (TPSA) is 61.8 Å². The lowest BCUT2D eigenvalue weighted by atomic mass is 9.98. The third-order valence-corrected chi connectivity index (χ3v) is 5.19. The molecule has 0 saturated carbocycles. The van der Waals surface area contributed by atoms with Gasteiger partial charge in [-0.3, -0.25) is 4.79 Å². The summed E-state index contributed by atoms with van der Waals surface area (Å²) < 4.78 is 16.4. The molecular weight excluding hydrogens is 416 g/mol. The van der Waals surface area contributed by atoms with Gasteiger partial charge in [-0.15, -0.1) is 0 Å². The Hall–Kier alpha value is -3.60. The number of rotatable bonds is 10. The van der Waals surface area contributed by atoms with Crippen molar-refractivity contribution in [2.45, 2.75) is 46.1 Å². The summed E-state index contributed by atoms with van der Waals surface area (Å²) in [6.07, 6.45) is 0.789. The van der Waals surface area contributed by atoms with Crippen molar-refractivity contribution in [3.63, 3.8) is 0 Å². The van der Waals surface area contributed by atoms with E-state index in [4.69, 9.17) is 14.2 Å². The van der Waals surface area contributed by atoms with Gasteiger partial charge in [-0.2, -0.15) is 0 Å². The van der Waals surface area contributed by atoms with Crippen LogP contribution in [0.1, 0.15) is 59.7 Å². The number of carbonyl (C=O) groups excluding carboxylic acids is 2. The average Bonchev–Trinajstić information content (AvgIpc) is 2.81. The van der Waals surface area contributed by atoms with Crippen molar-refractivity contribution in [2.75, 3.05) is 6.61 Å². The Morgan fingerprint density at radius 2 is 1.58 bits per heavy atom. The molecule has 33 heavy (non-hydrogen) atoms. The van der Waals surface area contributed by atoms with Crippen LogP contribution < -0.4 is 9.47 Å². The molecule has 0 bridgehead atoms. The lowest BCUT2D eigenvalue weighted by Gasteiger charge is -2.12. The molecule has 3 aromatic rings. The third kappa shape index (κ3) is 7.49. The van der Waals surface area contributed by atoms with E-state index in [2.05, 4.69) is 26.8 Å². The molecule has 0 saturated heterocycles. The molecule has 0 aliphatic carbocycles. The second kappa shape index (κ2) is 11.9. The largest absolute Gasteiger partial charge is 0.494 e. The van der Waals surface area contributed by atoms with E-state index in [9.17, 15) is 9.59 Å². The first-order valence-electron chi connectivity index (χ1n) is 11.2. The monoisotopic (exact) mass is 446 g/mol. The maximum absolute atomic E-state index is 12.2. The zero-order chi connectivity index (χ0) is 23.6. The van der Waals surface area contributed by atoms with Gasteiger partial charge in [-0.25, -0.2) is 4.79 Å². The molecule has 5 heteroatoms. The van der Waals surface area contributed by atoms with Gasteiger partial charge in [0, 0.05) is 6.42 Å². The summed E-state index contributed by atoms with van der Waals surface area (Å²) in [5, 5.41) is 0. The van der Waals surface area contributed by atoms with Crippen LogP contribution in [0, 0.1) is 6.92 Å². The zero-order valence-electron chi connectivity index (χ0n) is 19.4. The van der Waals surface area contributed by atoms with Crippen molar-refractivity contribution in [3.05, 3.63) is 95.1 Å². The van der Waals surface area contributed by atoms with Gasteiger partial charge in [0.2, 0.25) is 0 Å². The summed E-state index contributed by atoms with van der Waals surface area (Å²) >= 11 is 0. The second-order valence-electron chi connectivity index (χ2n) is 8.19. The molecule has 172 valence electrons. The van der Waals surface area contributed by atoms with E-state index in [0.717, 1.165) is 11.3 Å². The van der Waals surface area contributed by atoms with Gasteiger partial charge >= 0.3 is 11.9 Å². The molecule has 3 aromatic carbocycles. The number of ether oxygens (including phenoxy) is 3. The van der Waals surface area contributed by atoms with Crippen LogP contribution in [0.15, 0.2) is 72.8 Å². The van der Waals surface area contributed by atoms with Crippen LogP contribution in [0.25, 0.3) is 0 Å². The van der Waals surface area contributed by atoms with E-state index in [1.807, 2.05) is 42.5 Å². The fraction of sp³-hybridized carbons (Fsp3) is 0.286. The first-order valence-corrected chi connectivity index (χ1v) is 11.2. The second-order valence-corrected chi connectivity index (χ2v) is 8.19. The fourth-order valence-corrected chi connectivity index (χ4v) is 3.44. The Labute approximate surface area is 195 Å². The predicted molar refractivity (Wildman–Crippen MR) is 128 cm³/mol. The molecule has 0 unspecified atom stereocenters. The quantitative estimate of drug-likeness (QED) is 0.210. The van der Waals surface area contributed by atoms with Crippen LogP contribution in [0.2, 0.25) is 0 Å². The number of aryl methyl sites for hydroxylation is 1. The van der Waals surface area contributed by atoms with Crippen molar-refractivity contribution in [3.8, 4) is 11.5 Å². The number of hydrogen-bond donors (Lipinski definition) is 0. The number of esters is 2. The molecule has 0 aromatic heterocycles. The maximum atomic E-state index is 12.2. The van der Waals surface area contributed by atoms with Gasteiger partial charge < -0.3 is 14.2 Å². The Bertz CT molecular complexity index is 1060. The Balaban J connectivity index is 1.38. The van der Waals surface area contributed by atoms with Crippen LogP contribution >= 0.6 is 0 Å². The molecule has 0 amide bonds. The molecule has 0 N–H and O–H groups in total. The van der Waals surface area contributed by atoms with Gasteiger partial charge in [-0.05, 0) is 72.4 Å². The van der Waals surface area contributed by atoms with Crippen molar-refractivity contribution in [1.82, 2.24) is 0 Å². The minimum absolute atomic E-state index is 0.208. The van der Waals surface area contributed by atoms with E-state index in [-0.39, 0.29) is 19.0 Å². The Morgan fingerprint density at radius 1 is 0.879 bits per heavy atom. The van der Waals surface area contributed by atoms with E-state index in [1.54, 1.807) is 24.3 Å². The standard InChI is InChI=1S/C28H30O5/c1-20(2)26-16-15-25(18-21(26)3)31-17-7-10-27(29)33-24-13-11-23(12-14-24)28(30)32-19-22-8-5-4-6-9-22/h4-6,8-9,11-16,18,20H,7,10,17,19H2,1-3H3. The number of carbonyl (C=O) groups is 2. The number of hydrogen-bond acceptors (Lipinski definition) is 5. The minimum atomic E-state index is -0.425. The highest BCUT2D eigenvalue weighted by Gasteiger charge is 2.10. The van der Waals surface area contributed by atoms with Gasteiger partial charge in [0.25, 0.3) is 0 Å². The molecule has 0 radical (unpaired) electrons. The van der Waals surface area contributed by atoms with E-state index < -0.39 is 5.97 Å². The molecule has 0 aliphatic heterocycles. The average molecular weight is 447 g/mol. The maximum Gasteiger partial charge on any atom is 0.338 e. The highest BCUT2D eigenvalue weighted by Crippen LogP contribution is 2.23. The van der Waals surface area contributed by atoms with Gasteiger partial charge in [0.05, 0.1) is 12.2 Å². The molecule has 0 spiro atoms. The minimum Gasteiger partial charge on any atom is -0.494 e. The van der Waals surface area contributed by atoms with Crippen molar-refractivity contribution < 1.29 is 23.8 Å². The molecule has 0 atom stereocenters. The van der Waals surface area contributed by atoms with E-state index >= 15 is 0 Å². The van der Waals surface area contributed by atoms with Crippen molar-refractivity contribution in [2.24, 2.45) is 0 Å². The molecule has 3 rings (SSSR count).